The summed E-state index contributed by atoms with van der Waals surface area (Å²) in [6, 6.07) is 10.1. The molecule has 0 atom stereocenters. The standard InChI is InChI=1S/C18H25N3O2.C2HF3O2/c1-22-12-10-21-11-13-23-15-18(21)6-8-20(9-7-18)17-4-2-16(14-19)3-5-17;3-2(4,5)1(6)7/h2-5H,6-13,15H2,1H3;(H,6,7). The van der Waals surface area contributed by atoms with Gasteiger partial charge in [-0.1, -0.05) is 0 Å². The van der Waals surface area contributed by atoms with Crippen LogP contribution in [0.5, 0.6) is 0 Å². The summed E-state index contributed by atoms with van der Waals surface area (Å²) >= 11 is 0. The number of hydrogen-bond donors (Lipinski definition) is 1. The van der Waals surface area contributed by atoms with Crippen LogP contribution in [0.1, 0.15) is 18.4 Å². The maximum absolute atomic E-state index is 10.6. The zero-order valence-corrected chi connectivity index (χ0v) is 16.8. The smallest absolute Gasteiger partial charge is 0.475 e. The van der Waals surface area contributed by atoms with Gasteiger partial charge in [-0.2, -0.15) is 18.4 Å². The van der Waals surface area contributed by atoms with E-state index >= 15 is 0 Å². The van der Waals surface area contributed by atoms with E-state index in [0.29, 0.717) is 5.56 Å². The first-order chi connectivity index (χ1) is 14.2. The number of carbonyl (C=O) groups is 1. The number of carboxylic acids is 1. The number of methoxy groups -OCH3 is 1. The van der Waals surface area contributed by atoms with Crippen LogP contribution < -0.4 is 4.90 Å². The molecule has 7 nitrogen and oxygen atoms in total. The Balaban J connectivity index is 0.000000396. The van der Waals surface area contributed by atoms with Crippen LogP contribution in [0, 0.1) is 11.3 Å². The highest BCUT2D eigenvalue weighted by atomic mass is 19.4. The molecule has 0 aliphatic carbocycles. The molecule has 2 aliphatic rings. The highest BCUT2D eigenvalue weighted by Gasteiger charge is 2.42. The molecule has 0 amide bonds. The van der Waals surface area contributed by atoms with Crippen molar-refractivity contribution in [1.29, 1.82) is 5.26 Å². The number of halogens is 3. The zero-order chi connectivity index (χ0) is 22.2. The Morgan fingerprint density at radius 1 is 1.27 bits per heavy atom. The second kappa shape index (κ2) is 10.6. The first-order valence-electron chi connectivity index (χ1n) is 9.59. The van der Waals surface area contributed by atoms with Gasteiger partial charge in [0.1, 0.15) is 0 Å². The van der Waals surface area contributed by atoms with Crippen molar-refractivity contribution in [2.24, 2.45) is 0 Å². The lowest BCUT2D eigenvalue weighted by atomic mass is 9.85. The zero-order valence-electron chi connectivity index (χ0n) is 16.8. The van der Waals surface area contributed by atoms with Crippen LogP contribution in [0.4, 0.5) is 18.9 Å². The number of nitriles is 1. The van der Waals surface area contributed by atoms with Gasteiger partial charge >= 0.3 is 12.1 Å². The third kappa shape index (κ3) is 6.32. The molecule has 0 radical (unpaired) electrons. The van der Waals surface area contributed by atoms with Crippen molar-refractivity contribution < 1.29 is 32.5 Å². The van der Waals surface area contributed by atoms with Gasteiger partial charge < -0.3 is 19.5 Å². The molecule has 1 aromatic rings. The number of morpholine rings is 1. The van der Waals surface area contributed by atoms with E-state index in [1.807, 2.05) is 12.1 Å². The summed E-state index contributed by atoms with van der Waals surface area (Å²) in [5, 5.41) is 16.0. The number of hydrogen-bond acceptors (Lipinski definition) is 6. The highest BCUT2D eigenvalue weighted by Crippen LogP contribution is 2.33. The van der Waals surface area contributed by atoms with Gasteiger partial charge in [0.25, 0.3) is 0 Å². The van der Waals surface area contributed by atoms with Crippen molar-refractivity contribution in [3.05, 3.63) is 29.8 Å². The molecule has 2 heterocycles. The Bertz CT molecular complexity index is 726. The summed E-state index contributed by atoms with van der Waals surface area (Å²) in [5.41, 5.74) is 2.09. The van der Waals surface area contributed by atoms with Gasteiger partial charge in [-0.3, -0.25) is 4.90 Å². The van der Waals surface area contributed by atoms with Crippen LogP contribution in [0.2, 0.25) is 0 Å². The molecule has 30 heavy (non-hydrogen) atoms. The molecule has 2 aliphatic heterocycles. The Labute approximate surface area is 173 Å². The van der Waals surface area contributed by atoms with Crippen LogP contribution in [-0.4, -0.2) is 80.8 Å². The van der Waals surface area contributed by atoms with Crippen LogP contribution in [0.15, 0.2) is 24.3 Å². The van der Waals surface area contributed by atoms with Crippen LogP contribution in [-0.2, 0) is 14.3 Å². The summed E-state index contributed by atoms with van der Waals surface area (Å²) in [7, 11) is 1.76. The Morgan fingerprint density at radius 3 is 2.37 bits per heavy atom. The number of rotatable bonds is 4. The van der Waals surface area contributed by atoms with Crippen molar-refractivity contribution in [2.45, 2.75) is 24.6 Å². The number of carboxylic acid groups (broad SMARTS) is 1. The molecular formula is C20H26F3N3O4. The predicted molar refractivity (Wildman–Crippen MR) is 103 cm³/mol. The fraction of sp³-hybridized carbons (Fsp3) is 0.600. The summed E-state index contributed by atoms with van der Waals surface area (Å²) < 4.78 is 42.8. The third-order valence-corrected chi connectivity index (χ3v) is 5.41. The van der Waals surface area contributed by atoms with E-state index in [-0.39, 0.29) is 5.54 Å². The molecule has 0 unspecified atom stereocenters. The normalized spacial score (nSPS) is 19.0. The molecule has 2 saturated heterocycles. The average molecular weight is 429 g/mol. The maximum Gasteiger partial charge on any atom is 0.490 e. The largest absolute Gasteiger partial charge is 0.490 e. The number of nitrogens with zero attached hydrogens (tertiary/aromatic N) is 3. The number of anilines is 1. The van der Waals surface area contributed by atoms with Crippen molar-refractivity contribution >= 4 is 11.7 Å². The lowest BCUT2D eigenvalue weighted by Gasteiger charge is -2.51. The Kier molecular flexibility index (Phi) is 8.46. The fourth-order valence-electron chi connectivity index (χ4n) is 3.70. The monoisotopic (exact) mass is 429 g/mol. The molecule has 166 valence electrons. The van der Waals surface area contributed by atoms with E-state index in [9.17, 15) is 13.2 Å². The van der Waals surface area contributed by atoms with E-state index in [0.717, 1.165) is 58.8 Å². The molecule has 3 rings (SSSR count). The number of benzene rings is 1. The maximum atomic E-state index is 10.6. The average Bonchev–Trinajstić information content (AvgIpc) is 2.74. The minimum absolute atomic E-state index is 0.167. The summed E-state index contributed by atoms with van der Waals surface area (Å²) in [5.74, 6) is -2.76. The molecule has 0 saturated carbocycles. The van der Waals surface area contributed by atoms with Crippen LogP contribution in [0.3, 0.4) is 0 Å². The van der Waals surface area contributed by atoms with E-state index in [4.69, 9.17) is 24.6 Å². The van der Waals surface area contributed by atoms with Gasteiger partial charge in [-0.25, -0.2) is 4.79 Å². The van der Waals surface area contributed by atoms with Gasteiger partial charge in [0.05, 0.1) is 31.5 Å². The Morgan fingerprint density at radius 2 is 1.87 bits per heavy atom. The van der Waals surface area contributed by atoms with Crippen LogP contribution >= 0.6 is 0 Å². The van der Waals surface area contributed by atoms with Crippen molar-refractivity contribution in [1.82, 2.24) is 4.90 Å². The lowest BCUT2D eigenvalue weighted by molar-refractivity contribution is -0.192. The molecule has 2 fully saturated rings. The minimum Gasteiger partial charge on any atom is -0.475 e. The van der Waals surface area contributed by atoms with Gasteiger partial charge in [0.15, 0.2) is 0 Å². The third-order valence-electron chi connectivity index (χ3n) is 5.41. The molecule has 1 N–H and O–H groups in total. The SMILES string of the molecule is COCCN1CCOCC12CCN(c1ccc(C#N)cc1)CC2.O=C(O)C(F)(F)F. The van der Waals surface area contributed by atoms with E-state index in [2.05, 4.69) is 28.0 Å². The summed E-state index contributed by atoms with van der Waals surface area (Å²) in [6.07, 6.45) is -2.87. The van der Waals surface area contributed by atoms with Crippen LogP contribution in [0.25, 0.3) is 0 Å². The van der Waals surface area contributed by atoms with Gasteiger partial charge in [-0.05, 0) is 37.1 Å². The second-order valence-corrected chi connectivity index (χ2v) is 7.21. The van der Waals surface area contributed by atoms with Gasteiger partial charge in [0, 0.05) is 44.5 Å². The Hall–Kier alpha value is -2.35. The quantitative estimate of drug-likeness (QED) is 0.787. The second-order valence-electron chi connectivity index (χ2n) is 7.21. The molecule has 1 spiro atoms. The number of ether oxygens (including phenoxy) is 2. The van der Waals surface area contributed by atoms with Crippen molar-refractivity contribution in [3.63, 3.8) is 0 Å². The molecular weight excluding hydrogens is 403 g/mol. The summed E-state index contributed by atoms with van der Waals surface area (Å²) in [4.78, 5) is 13.9. The minimum atomic E-state index is -5.08. The molecule has 0 bridgehead atoms. The first-order valence-corrected chi connectivity index (χ1v) is 9.59. The number of aliphatic carboxylic acids is 1. The van der Waals surface area contributed by atoms with Crippen molar-refractivity contribution in [2.75, 3.05) is 58.0 Å². The lowest BCUT2D eigenvalue weighted by Crippen LogP contribution is -2.62. The fourth-order valence-corrected chi connectivity index (χ4v) is 3.70. The van der Waals surface area contributed by atoms with Gasteiger partial charge in [-0.15, -0.1) is 0 Å². The van der Waals surface area contributed by atoms with E-state index in [1.165, 1.54) is 5.69 Å². The number of piperidine rings is 1. The molecule has 10 heteroatoms. The van der Waals surface area contributed by atoms with Crippen molar-refractivity contribution in [3.8, 4) is 6.07 Å². The predicted octanol–water partition coefficient (Wildman–Crippen LogP) is 2.51. The summed E-state index contributed by atoms with van der Waals surface area (Å²) in [6.45, 7) is 6.47. The highest BCUT2D eigenvalue weighted by molar-refractivity contribution is 5.73. The van der Waals surface area contributed by atoms with E-state index in [1.54, 1.807) is 7.11 Å². The topological polar surface area (TPSA) is 86.0 Å². The van der Waals surface area contributed by atoms with Gasteiger partial charge in [0.2, 0.25) is 0 Å². The van der Waals surface area contributed by atoms with E-state index < -0.39 is 12.1 Å². The first kappa shape index (κ1) is 23.9. The molecule has 0 aromatic heterocycles. The number of alkyl halides is 3. The molecule has 1 aromatic carbocycles.